The van der Waals surface area contributed by atoms with Crippen LogP contribution in [0.25, 0.3) is 0 Å². The summed E-state index contributed by atoms with van der Waals surface area (Å²) in [5.74, 6) is 0.756. The summed E-state index contributed by atoms with van der Waals surface area (Å²) in [6, 6.07) is 0. The average Bonchev–Trinajstić information content (AvgIpc) is 2.40. The van der Waals surface area contributed by atoms with Gasteiger partial charge >= 0.3 is 0 Å². The van der Waals surface area contributed by atoms with Crippen LogP contribution in [0.15, 0.2) is 12.2 Å². The van der Waals surface area contributed by atoms with E-state index in [1.165, 1.54) is 32.1 Å². The van der Waals surface area contributed by atoms with Crippen molar-refractivity contribution in [1.82, 2.24) is 0 Å². The molecule has 1 fully saturated rings. The molecular weight excluding hydrogens is 236 g/mol. The first kappa shape index (κ1) is 16.4. The standard InChI is InChI=1S/C17H30O2/c1-2-3-4-5-6-7-10-16(18)13-12-15-9-8-11-17(19)14-15/h12-13,15-16,18H,2-11,14H2,1H3/b13-12+. The summed E-state index contributed by atoms with van der Waals surface area (Å²) in [7, 11) is 0. The van der Waals surface area contributed by atoms with E-state index in [9.17, 15) is 9.90 Å². The molecule has 0 spiro atoms. The summed E-state index contributed by atoms with van der Waals surface area (Å²) in [4.78, 5) is 11.3. The molecule has 2 atom stereocenters. The second-order valence-electron chi connectivity index (χ2n) is 5.90. The van der Waals surface area contributed by atoms with Crippen LogP contribution < -0.4 is 0 Å². The molecule has 1 aliphatic rings. The molecule has 0 aromatic heterocycles. The molecule has 1 N–H and O–H groups in total. The van der Waals surface area contributed by atoms with E-state index in [2.05, 4.69) is 13.0 Å². The Labute approximate surface area is 118 Å². The van der Waals surface area contributed by atoms with Gasteiger partial charge in [0, 0.05) is 12.8 Å². The first-order valence-electron chi connectivity index (χ1n) is 8.10. The number of ketones is 1. The Kier molecular flexibility index (Phi) is 8.81. The summed E-state index contributed by atoms with van der Waals surface area (Å²) in [6.45, 7) is 2.23. The van der Waals surface area contributed by atoms with E-state index in [1.807, 2.05) is 6.08 Å². The Hall–Kier alpha value is -0.630. The molecule has 0 aromatic carbocycles. The smallest absolute Gasteiger partial charge is 0.133 e. The predicted molar refractivity (Wildman–Crippen MR) is 80.1 cm³/mol. The van der Waals surface area contributed by atoms with Gasteiger partial charge in [0.1, 0.15) is 5.78 Å². The molecule has 0 heterocycles. The molecule has 0 bridgehead atoms. The topological polar surface area (TPSA) is 37.3 Å². The van der Waals surface area contributed by atoms with Crippen molar-refractivity contribution >= 4 is 5.78 Å². The largest absolute Gasteiger partial charge is 0.389 e. The van der Waals surface area contributed by atoms with Gasteiger partial charge in [-0.2, -0.15) is 0 Å². The molecule has 0 aromatic rings. The van der Waals surface area contributed by atoms with Crippen molar-refractivity contribution in [2.75, 3.05) is 0 Å². The maximum Gasteiger partial charge on any atom is 0.133 e. The van der Waals surface area contributed by atoms with E-state index in [4.69, 9.17) is 0 Å². The van der Waals surface area contributed by atoms with Crippen LogP contribution >= 0.6 is 0 Å². The normalized spacial score (nSPS) is 22.0. The van der Waals surface area contributed by atoms with E-state index < -0.39 is 0 Å². The van der Waals surface area contributed by atoms with Crippen molar-refractivity contribution in [1.29, 1.82) is 0 Å². The highest BCUT2D eigenvalue weighted by Gasteiger charge is 2.16. The summed E-state index contributed by atoms with van der Waals surface area (Å²) in [6.07, 6.45) is 15.7. The lowest BCUT2D eigenvalue weighted by Crippen LogP contribution is -2.13. The van der Waals surface area contributed by atoms with Crippen molar-refractivity contribution in [3.05, 3.63) is 12.2 Å². The molecule has 2 unspecified atom stereocenters. The molecule has 0 saturated heterocycles. The number of hydrogen-bond donors (Lipinski definition) is 1. The number of aliphatic hydroxyl groups is 1. The molecular formula is C17H30O2. The zero-order valence-corrected chi connectivity index (χ0v) is 12.4. The van der Waals surface area contributed by atoms with Crippen LogP contribution in [-0.4, -0.2) is 17.0 Å². The number of rotatable bonds is 9. The molecule has 0 amide bonds. The Morgan fingerprint density at radius 2 is 2.00 bits per heavy atom. The number of carbonyl (C=O) groups is 1. The second-order valence-corrected chi connectivity index (χ2v) is 5.90. The van der Waals surface area contributed by atoms with Crippen LogP contribution in [0.3, 0.4) is 0 Å². The minimum atomic E-state index is -0.316. The van der Waals surface area contributed by atoms with Crippen LogP contribution in [0.5, 0.6) is 0 Å². The van der Waals surface area contributed by atoms with Crippen LogP contribution in [0, 0.1) is 5.92 Å². The molecule has 110 valence electrons. The van der Waals surface area contributed by atoms with Crippen molar-refractivity contribution in [2.24, 2.45) is 5.92 Å². The van der Waals surface area contributed by atoms with Crippen LogP contribution in [-0.2, 0) is 4.79 Å². The van der Waals surface area contributed by atoms with Gasteiger partial charge in [-0.15, -0.1) is 0 Å². The number of allylic oxidation sites excluding steroid dienone is 1. The molecule has 1 aliphatic carbocycles. The van der Waals surface area contributed by atoms with Crippen LogP contribution in [0.4, 0.5) is 0 Å². The van der Waals surface area contributed by atoms with Crippen molar-refractivity contribution < 1.29 is 9.90 Å². The Balaban J connectivity index is 2.06. The quantitative estimate of drug-likeness (QED) is 0.495. The number of Topliss-reactive ketones (excluding diaryl/α,β-unsaturated/α-hetero) is 1. The van der Waals surface area contributed by atoms with Crippen molar-refractivity contribution in [3.63, 3.8) is 0 Å². The van der Waals surface area contributed by atoms with Gasteiger partial charge in [0.05, 0.1) is 6.10 Å². The molecule has 2 nitrogen and oxygen atoms in total. The maximum absolute atomic E-state index is 11.3. The van der Waals surface area contributed by atoms with Gasteiger partial charge in [-0.25, -0.2) is 0 Å². The van der Waals surface area contributed by atoms with Crippen LogP contribution in [0.2, 0.25) is 0 Å². The fraction of sp³-hybridized carbons (Fsp3) is 0.824. The molecule has 2 heteroatoms. The number of hydrogen-bond acceptors (Lipinski definition) is 2. The zero-order valence-electron chi connectivity index (χ0n) is 12.4. The summed E-state index contributed by atoms with van der Waals surface area (Å²) in [5, 5.41) is 9.88. The van der Waals surface area contributed by atoms with Gasteiger partial charge in [-0.1, -0.05) is 57.6 Å². The predicted octanol–water partition coefficient (Wildman–Crippen LogP) is 4.41. The first-order chi connectivity index (χ1) is 9.22. The second kappa shape index (κ2) is 10.2. The molecule has 0 aliphatic heterocycles. The minimum Gasteiger partial charge on any atom is -0.389 e. The average molecular weight is 266 g/mol. The van der Waals surface area contributed by atoms with Gasteiger partial charge in [-0.3, -0.25) is 4.79 Å². The third-order valence-corrected chi connectivity index (χ3v) is 3.98. The lowest BCUT2D eigenvalue weighted by molar-refractivity contribution is -0.121. The van der Waals surface area contributed by atoms with Gasteiger partial charge < -0.3 is 5.11 Å². The fourth-order valence-electron chi connectivity index (χ4n) is 2.74. The third kappa shape index (κ3) is 8.20. The molecule has 19 heavy (non-hydrogen) atoms. The van der Waals surface area contributed by atoms with Gasteiger partial charge in [0.15, 0.2) is 0 Å². The van der Waals surface area contributed by atoms with E-state index in [0.717, 1.165) is 32.1 Å². The van der Waals surface area contributed by atoms with E-state index >= 15 is 0 Å². The SMILES string of the molecule is CCCCCCCCC(O)/C=C/C1CCCC(=O)C1. The molecule has 0 radical (unpaired) electrons. The number of aliphatic hydroxyl groups excluding tert-OH is 1. The summed E-state index contributed by atoms with van der Waals surface area (Å²) < 4.78 is 0. The fourth-order valence-corrected chi connectivity index (χ4v) is 2.74. The van der Waals surface area contributed by atoms with Gasteiger partial charge in [0.25, 0.3) is 0 Å². The van der Waals surface area contributed by atoms with Gasteiger partial charge in [-0.05, 0) is 25.2 Å². The summed E-state index contributed by atoms with van der Waals surface area (Å²) in [5.41, 5.74) is 0. The number of carbonyl (C=O) groups excluding carboxylic acids is 1. The van der Waals surface area contributed by atoms with E-state index in [0.29, 0.717) is 18.1 Å². The van der Waals surface area contributed by atoms with Gasteiger partial charge in [0.2, 0.25) is 0 Å². The molecule has 1 saturated carbocycles. The minimum absolute atomic E-state index is 0.316. The third-order valence-electron chi connectivity index (χ3n) is 3.98. The van der Waals surface area contributed by atoms with Crippen LogP contribution in [0.1, 0.15) is 77.6 Å². The van der Waals surface area contributed by atoms with Crippen molar-refractivity contribution in [3.8, 4) is 0 Å². The Bertz CT molecular complexity index is 270. The highest BCUT2D eigenvalue weighted by Crippen LogP contribution is 2.22. The van der Waals surface area contributed by atoms with Crippen molar-refractivity contribution in [2.45, 2.75) is 83.7 Å². The molecule has 1 rings (SSSR count). The highest BCUT2D eigenvalue weighted by atomic mass is 16.3. The Morgan fingerprint density at radius 3 is 2.74 bits per heavy atom. The monoisotopic (exact) mass is 266 g/mol. The van der Waals surface area contributed by atoms with E-state index in [-0.39, 0.29) is 6.10 Å². The lowest BCUT2D eigenvalue weighted by Gasteiger charge is -2.17. The Morgan fingerprint density at radius 1 is 1.26 bits per heavy atom. The highest BCUT2D eigenvalue weighted by molar-refractivity contribution is 5.79. The first-order valence-corrected chi connectivity index (χ1v) is 8.10. The lowest BCUT2D eigenvalue weighted by atomic mass is 9.88. The zero-order chi connectivity index (χ0) is 13.9. The summed E-state index contributed by atoms with van der Waals surface area (Å²) >= 11 is 0. The maximum atomic E-state index is 11.3. The van der Waals surface area contributed by atoms with E-state index in [1.54, 1.807) is 0 Å². The number of unbranched alkanes of at least 4 members (excludes halogenated alkanes) is 5.